The van der Waals surface area contributed by atoms with Gasteiger partial charge in [-0.1, -0.05) is 31.6 Å². The Morgan fingerprint density at radius 1 is 1.18 bits per heavy atom. The minimum Gasteiger partial charge on any atom is -0.344 e. The SMILES string of the molecule is CC1=C(C(C)C)c2c(c3c(n2C)=CCCC=3)C1. The first-order chi connectivity index (χ1) is 8.11. The van der Waals surface area contributed by atoms with E-state index in [2.05, 4.69) is 44.5 Å². The van der Waals surface area contributed by atoms with E-state index in [1.54, 1.807) is 16.7 Å². The minimum absolute atomic E-state index is 0.631. The van der Waals surface area contributed by atoms with Gasteiger partial charge >= 0.3 is 0 Å². The molecule has 0 fully saturated rings. The molecule has 0 aliphatic heterocycles. The fraction of sp³-hybridized carbons (Fsp3) is 0.500. The molecule has 2 aliphatic carbocycles. The summed E-state index contributed by atoms with van der Waals surface area (Å²) in [5, 5.41) is 2.97. The van der Waals surface area contributed by atoms with Crippen molar-refractivity contribution in [1.82, 2.24) is 4.57 Å². The predicted molar refractivity (Wildman–Crippen MR) is 74.0 cm³/mol. The first-order valence-corrected chi connectivity index (χ1v) is 6.69. The van der Waals surface area contributed by atoms with Crippen LogP contribution in [0.15, 0.2) is 5.57 Å². The van der Waals surface area contributed by atoms with Crippen molar-refractivity contribution in [1.29, 1.82) is 0 Å². The number of hydrogen-bond donors (Lipinski definition) is 0. The Morgan fingerprint density at radius 2 is 1.88 bits per heavy atom. The second kappa shape index (κ2) is 3.63. The van der Waals surface area contributed by atoms with Crippen molar-refractivity contribution in [3.8, 4) is 0 Å². The molecule has 3 rings (SSSR count). The first-order valence-electron chi connectivity index (χ1n) is 6.69. The molecule has 0 amide bonds. The van der Waals surface area contributed by atoms with Gasteiger partial charge in [0.1, 0.15) is 0 Å². The normalized spacial score (nSPS) is 17.9. The number of allylic oxidation sites excluding steroid dienone is 2. The molecule has 0 atom stereocenters. The van der Waals surface area contributed by atoms with Gasteiger partial charge in [0, 0.05) is 18.1 Å². The monoisotopic (exact) mass is 227 g/mol. The third-order valence-corrected chi connectivity index (χ3v) is 4.17. The quantitative estimate of drug-likeness (QED) is 0.694. The summed E-state index contributed by atoms with van der Waals surface area (Å²) in [7, 11) is 2.23. The number of fused-ring (bicyclic) bond motifs is 3. The highest BCUT2D eigenvalue weighted by Crippen LogP contribution is 2.35. The van der Waals surface area contributed by atoms with Crippen LogP contribution in [0.25, 0.3) is 17.7 Å². The molecule has 0 unspecified atom stereocenters. The summed E-state index contributed by atoms with van der Waals surface area (Å²) >= 11 is 0. The van der Waals surface area contributed by atoms with E-state index in [-0.39, 0.29) is 0 Å². The zero-order valence-electron chi connectivity index (χ0n) is 11.3. The summed E-state index contributed by atoms with van der Waals surface area (Å²) in [6, 6.07) is 0. The highest BCUT2D eigenvalue weighted by Gasteiger charge is 2.26. The van der Waals surface area contributed by atoms with Crippen LogP contribution in [0.3, 0.4) is 0 Å². The number of hydrogen-bond acceptors (Lipinski definition) is 0. The summed E-state index contributed by atoms with van der Waals surface area (Å²) in [5.41, 5.74) is 6.25. The molecule has 0 saturated carbocycles. The smallest absolute Gasteiger partial charge is 0.0485 e. The van der Waals surface area contributed by atoms with E-state index < -0.39 is 0 Å². The zero-order chi connectivity index (χ0) is 12.2. The lowest BCUT2D eigenvalue weighted by atomic mass is 9.99. The van der Waals surface area contributed by atoms with Crippen LogP contribution in [0.4, 0.5) is 0 Å². The Morgan fingerprint density at radius 3 is 2.59 bits per heavy atom. The van der Waals surface area contributed by atoms with E-state index >= 15 is 0 Å². The van der Waals surface area contributed by atoms with E-state index in [1.165, 1.54) is 29.1 Å². The van der Waals surface area contributed by atoms with Crippen LogP contribution in [0.5, 0.6) is 0 Å². The molecule has 0 radical (unpaired) electrons. The van der Waals surface area contributed by atoms with Crippen LogP contribution in [0.2, 0.25) is 0 Å². The second-order valence-corrected chi connectivity index (χ2v) is 5.70. The van der Waals surface area contributed by atoms with Crippen LogP contribution in [-0.2, 0) is 13.5 Å². The first kappa shape index (κ1) is 10.9. The summed E-state index contributed by atoms with van der Waals surface area (Å²) < 4.78 is 2.42. The molecule has 1 aromatic heterocycles. The molecular formula is C16H21N. The fourth-order valence-electron chi connectivity index (χ4n) is 3.56. The lowest BCUT2D eigenvalue weighted by molar-refractivity contribution is 0.803. The molecule has 90 valence electrons. The molecular weight excluding hydrogens is 206 g/mol. The predicted octanol–water partition coefficient (Wildman–Crippen LogP) is 2.37. The Labute approximate surface area is 103 Å². The minimum atomic E-state index is 0.631. The van der Waals surface area contributed by atoms with Crippen molar-refractivity contribution in [2.45, 2.75) is 40.0 Å². The van der Waals surface area contributed by atoms with Crippen molar-refractivity contribution in [3.05, 3.63) is 27.4 Å². The standard InChI is InChI=1S/C16H21N/c1-10(2)15-11(3)9-13-12-7-5-6-8-14(12)17(4)16(13)15/h7-8,10H,5-6,9H2,1-4H3. The van der Waals surface area contributed by atoms with Gasteiger partial charge in [0.15, 0.2) is 0 Å². The summed E-state index contributed by atoms with van der Waals surface area (Å²) in [6.07, 6.45) is 8.41. The van der Waals surface area contributed by atoms with Gasteiger partial charge in [-0.3, -0.25) is 0 Å². The van der Waals surface area contributed by atoms with E-state index in [9.17, 15) is 0 Å². The topological polar surface area (TPSA) is 4.93 Å². The molecule has 0 spiro atoms. The molecule has 1 nitrogen and oxygen atoms in total. The van der Waals surface area contributed by atoms with Crippen molar-refractivity contribution in [2.24, 2.45) is 13.0 Å². The van der Waals surface area contributed by atoms with Crippen molar-refractivity contribution in [3.63, 3.8) is 0 Å². The molecule has 1 heteroatoms. The Balaban J connectivity index is 2.37. The van der Waals surface area contributed by atoms with Crippen LogP contribution < -0.4 is 10.6 Å². The fourth-order valence-corrected chi connectivity index (χ4v) is 3.56. The molecule has 0 saturated heterocycles. The van der Waals surface area contributed by atoms with Crippen molar-refractivity contribution < 1.29 is 0 Å². The highest BCUT2D eigenvalue weighted by atomic mass is 15.0. The van der Waals surface area contributed by atoms with Gasteiger partial charge in [-0.05, 0) is 48.5 Å². The highest BCUT2D eigenvalue weighted by molar-refractivity contribution is 5.76. The number of nitrogens with zero attached hydrogens (tertiary/aromatic N) is 1. The maximum absolute atomic E-state index is 2.44. The Bertz CT molecular complexity index is 623. The Kier molecular flexibility index (Phi) is 2.32. The summed E-state index contributed by atoms with van der Waals surface area (Å²) in [4.78, 5) is 0. The average Bonchev–Trinajstić information content (AvgIpc) is 2.76. The number of rotatable bonds is 1. The lowest BCUT2D eigenvalue weighted by Gasteiger charge is -2.12. The third kappa shape index (κ3) is 1.38. The van der Waals surface area contributed by atoms with Gasteiger partial charge in [-0.25, -0.2) is 0 Å². The second-order valence-electron chi connectivity index (χ2n) is 5.70. The molecule has 0 aromatic carbocycles. The van der Waals surface area contributed by atoms with Crippen molar-refractivity contribution >= 4 is 17.7 Å². The van der Waals surface area contributed by atoms with E-state index in [4.69, 9.17) is 0 Å². The van der Waals surface area contributed by atoms with Gasteiger partial charge in [0.25, 0.3) is 0 Å². The Hall–Kier alpha value is -1.24. The molecule has 0 N–H and O–H groups in total. The van der Waals surface area contributed by atoms with Crippen molar-refractivity contribution in [2.75, 3.05) is 0 Å². The van der Waals surface area contributed by atoms with Gasteiger partial charge in [0.05, 0.1) is 0 Å². The molecule has 1 heterocycles. The molecule has 1 aromatic rings. The van der Waals surface area contributed by atoms with Gasteiger partial charge in [0.2, 0.25) is 0 Å². The summed E-state index contributed by atoms with van der Waals surface area (Å²) in [6.45, 7) is 6.93. The van der Waals surface area contributed by atoms with E-state index in [0.29, 0.717) is 5.92 Å². The van der Waals surface area contributed by atoms with Crippen LogP contribution >= 0.6 is 0 Å². The van der Waals surface area contributed by atoms with E-state index in [0.717, 1.165) is 6.42 Å². The van der Waals surface area contributed by atoms with E-state index in [1.807, 2.05) is 0 Å². The van der Waals surface area contributed by atoms with Crippen LogP contribution in [0.1, 0.15) is 44.9 Å². The van der Waals surface area contributed by atoms with Gasteiger partial charge in [-0.2, -0.15) is 0 Å². The maximum Gasteiger partial charge on any atom is 0.0485 e. The molecule has 2 aliphatic rings. The van der Waals surface area contributed by atoms with Gasteiger partial charge in [-0.15, -0.1) is 0 Å². The molecule has 0 bridgehead atoms. The number of aromatic nitrogens is 1. The third-order valence-electron chi connectivity index (χ3n) is 4.17. The van der Waals surface area contributed by atoms with Gasteiger partial charge < -0.3 is 4.57 Å². The summed E-state index contributed by atoms with van der Waals surface area (Å²) in [5.74, 6) is 0.631. The lowest BCUT2D eigenvalue weighted by Crippen LogP contribution is -2.31. The largest absolute Gasteiger partial charge is 0.344 e. The molecule has 17 heavy (non-hydrogen) atoms. The average molecular weight is 227 g/mol. The maximum atomic E-state index is 2.44. The van der Waals surface area contributed by atoms with Crippen LogP contribution in [-0.4, -0.2) is 4.57 Å². The van der Waals surface area contributed by atoms with Crippen LogP contribution in [0, 0.1) is 5.92 Å². The zero-order valence-corrected chi connectivity index (χ0v) is 11.3.